The summed E-state index contributed by atoms with van der Waals surface area (Å²) in [7, 11) is 0. The number of nitrogens with zero attached hydrogens (tertiary/aromatic N) is 3. The van der Waals surface area contributed by atoms with Crippen LogP contribution in [0.25, 0.3) is 0 Å². The number of carbonyl (C=O) groups excluding carboxylic acids is 3. The van der Waals surface area contributed by atoms with E-state index in [2.05, 4.69) is 25.3 Å². The van der Waals surface area contributed by atoms with Crippen molar-refractivity contribution in [3.05, 3.63) is 36.9 Å². The highest BCUT2D eigenvalue weighted by molar-refractivity contribution is 6.05. The largest absolute Gasteiger partial charge is 0.466 e. The first kappa shape index (κ1) is 31.0. The molecular formula is C32H47N3O6. The Morgan fingerprint density at radius 3 is 2.37 bits per heavy atom. The van der Waals surface area contributed by atoms with Crippen molar-refractivity contribution in [1.82, 2.24) is 4.90 Å². The van der Waals surface area contributed by atoms with E-state index in [0.717, 1.165) is 30.9 Å². The molecule has 41 heavy (non-hydrogen) atoms. The molecule has 0 radical (unpaired) electrons. The number of likely N-dealkylation sites (tertiary alicyclic amines) is 1. The minimum absolute atomic E-state index is 0.0759. The Labute approximate surface area is 244 Å². The van der Waals surface area contributed by atoms with Crippen molar-refractivity contribution in [1.29, 1.82) is 0 Å². The van der Waals surface area contributed by atoms with Crippen molar-refractivity contribution in [2.45, 2.75) is 83.5 Å². The molecule has 9 heteroatoms. The summed E-state index contributed by atoms with van der Waals surface area (Å²) in [6.45, 7) is 14.5. The third-order valence-electron chi connectivity index (χ3n) is 9.38. The number of hydrogen-bond acceptors (Lipinski definition) is 7. The summed E-state index contributed by atoms with van der Waals surface area (Å²) in [5, 5.41) is 9.29. The zero-order chi connectivity index (χ0) is 29.8. The second kappa shape index (κ2) is 12.9. The Bertz CT molecular complexity index is 1110. The molecule has 1 aromatic carbocycles. The second-order valence-electron chi connectivity index (χ2n) is 11.3. The number of anilines is 2. The summed E-state index contributed by atoms with van der Waals surface area (Å²) in [5.41, 5.74) is -0.120. The van der Waals surface area contributed by atoms with Crippen molar-refractivity contribution >= 4 is 29.2 Å². The van der Waals surface area contributed by atoms with Gasteiger partial charge in [-0.1, -0.05) is 13.0 Å². The third-order valence-corrected chi connectivity index (χ3v) is 9.38. The highest BCUT2D eigenvalue weighted by Gasteiger charge is 2.79. The van der Waals surface area contributed by atoms with Crippen LogP contribution in [0.5, 0.6) is 0 Å². The van der Waals surface area contributed by atoms with Crippen LogP contribution in [0.2, 0.25) is 0 Å². The molecule has 3 aliphatic heterocycles. The van der Waals surface area contributed by atoms with Crippen LogP contribution < -0.4 is 9.80 Å². The number of rotatable bonds is 15. The number of aliphatic hydroxyl groups excluding tert-OH is 1. The van der Waals surface area contributed by atoms with Gasteiger partial charge in [-0.2, -0.15) is 0 Å². The summed E-state index contributed by atoms with van der Waals surface area (Å²) in [4.78, 5) is 47.8. The van der Waals surface area contributed by atoms with E-state index in [1.807, 2.05) is 31.2 Å². The molecule has 3 saturated heterocycles. The lowest BCUT2D eigenvalue weighted by molar-refractivity contribution is -0.160. The molecule has 0 aliphatic carbocycles. The Kier molecular flexibility index (Phi) is 9.80. The van der Waals surface area contributed by atoms with E-state index < -0.39 is 35.0 Å². The van der Waals surface area contributed by atoms with Crippen molar-refractivity contribution in [3.8, 4) is 0 Å². The summed E-state index contributed by atoms with van der Waals surface area (Å²) in [5.74, 6) is -2.37. The number of unbranched alkanes of at least 4 members (excludes halogenated alkanes) is 2. The molecule has 0 saturated carbocycles. The number of ether oxygens (including phenoxy) is 2. The molecule has 1 N–H and O–H groups in total. The van der Waals surface area contributed by atoms with Gasteiger partial charge in [0.1, 0.15) is 17.6 Å². The van der Waals surface area contributed by atoms with Gasteiger partial charge in [0.15, 0.2) is 0 Å². The van der Waals surface area contributed by atoms with E-state index in [1.54, 1.807) is 22.8 Å². The maximum Gasteiger partial charge on any atom is 0.312 e. The monoisotopic (exact) mass is 569 g/mol. The summed E-state index contributed by atoms with van der Waals surface area (Å²) in [6.07, 6.45) is 5.36. The van der Waals surface area contributed by atoms with Gasteiger partial charge in [-0.15, -0.1) is 6.58 Å². The molecule has 1 aromatic rings. The number of esters is 1. The molecular weight excluding hydrogens is 522 g/mol. The first-order chi connectivity index (χ1) is 19.8. The van der Waals surface area contributed by atoms with Crippen molar-refractivity contribution in [3.63, 3.8) is 0 Å². The van der Waals surface area contributed by atoms with E-state index in [1.165, 1.54) is 0 Å². The molecule has 2 amide bonds. The van der Waals surface area contributed by atoms with Crippen LogP contribution in [0.15, 0.2) is 36.9 Å². The quantitative estimate of drug-likeness (QED) is 0.194. The zero-order valence-corrected chi connectivity index (χ0v) is 25.1. The Hall–Kier alpha value is -2.91. The van der Waals surface area contributed by atoms with Gasteiger partial charge in [-0.05, 0) is 83.6 Å². The zero-order valence-electron chi connectivity index (χ0n) is 25.1. The fraction of sp³-hybridized carbons (Fsp3) is 0.656. The van der Waals surface area contributed by atoms with Crippen LogP contribution in [0.1, 0.15) is 66.2 Å². The van der Waals surface area contributed by atoms with Crippen LogP contribution in [0.3, 0.4) is 0 Å². The summed E-state index contributed by atoms with van der Waals surface area (Å²) < 4.78 is 12.3. The lowest BCUT2D eigenvalue weighted by atomic mass is 9.65. The number of amides is 2. The second-order valence-corrected chi connectivity index (χ2v) is 11.3. The Morgan fingerprint density at radius 1 is 1.10 bits per heavy atom. The van der Waals surface area contributed by atoms with Gasteiger partial charge in [-0.25, -0.2) is 0 Å². The van der Waals surface area contributed by atoms with Crippen LogP contribution in [0, 0.1) is 11.8 Å². The van der Waals surface area contributed by atoms with Crippen LogP contribution in [0.4, 0.5) is 11.4 Å². The van der Waals surface area contributed by atoms with Gasteiger partial charge in [0.05, 0.1) is 18.1 Å². The molecule has 4 rings (SSSR count). The molecule has 5 atom stereocenters. The highest BCUT2D eigenvalue weighted by atomic mass is 16.6. The summed E-state index contributed by atoms with van der Waals surface area (Å²) >= 11 is 0. The predicted octanol–water partition coefficient (Wildman–Crippen LogP) is 3.93. The highest BCUT2D eigenvalue weighted by Crippen LogP contribution is 2.64. The van der Waals surface area contributed by atoms with Crippen LogP contribution in [-0.4, -0.2) is 84.4 Å². The topological polar surface area (TPSA) is 99.6 Å². The minimum atomic E-state index is -1.10. The molecule has 0 aromatic heterocycles. The fourth-order valence-electron chi connectivity index (χ4n) is 7.43. The van der Waals surface area contributed by atoms with Crippen molar-refractivity contribution < 1.29 is 29.0 Å². The molecule has 1 spiro atoms. The maximum atomic E-state index is 14.7. The number of benzene rings is 1. The van der Waals surface area contributed by atoms with Crippen LogP contribution in [-0.2, 0) is 23.9 Å². The lowest BCUT2D eigenvalue weighted by Crippen LogP contribution is -2.56. The molecule has 3 heterocycles. The minimum Gasteiger partial charge on any atom is -0.466 e. The molecule has 9 nitrogen and oxygen atoms in total. The fourth-order valence-corrected chi connectivity index (χ4v) is 7.43. The number of carbonyl (C=O) groups is 3. The van der Waals surface area contributed by atoms with Gasteiger partial charge in [0.2, 0.25) is 5.91 Å². The smallest absolute Gasteiger partial charge is 0.312 e. The molecule has 3 fully saturated rings. The van der Waals surface area contributed by atoms with Crippen molar-refractivity contribution in [2.75, 3.05) is 49.2 Å². The predicted molar refractivity (Wildman–Crippen MR) is 159 cm³/mol. The van der Waals surface area contributed by atoms with Gasteiger partial charge in [-0.3, -0.25) is 14.4 Å². The van der Waals surface area contributed by atoms with E-state index in [9.17, 15) is 19.5 Å². The van der Waals surface area contributed by atoms with Crippen LogP contribution >= 0.6 is 0 Å². The van der Waals surface area contributed by atoms with Crippen molar-refractivity contribution in [2.24, 2.45) is 11.8 Å². The number of hydrogen-bond donors (Lipinski definition) is 1. The van der Waals surface area contributed by atoms with Gasteiger partial charge < -0.3 is 29.3 Å². The molecule has 2 bridgehead atoms. The van der Waals surface area contributed by atoms with E-state index >= 15 is 0 Å². The third kappa shape index (κ3) is 5.27. The lowest BCUT2D eigenvalue weighted by Gasteiger charge is -2.37. The normalized spacial score (nSPS) is 28.1. The first-order valence-corrected chi connectivity index (χ1v) is 15.3. The van der Waals surface area contributed by atoms with E-state index in [-0.39, 0.29) is 31.6 Å². The number of fused-ring (bicyclic) bond motifs is 1. The first-order valence-electron chi connectivity index (χ1n) is 15.3. The Morgan fingerprint density at radius 2 is 1.78 bits per heavy atom. The maximum absolute atomic E-state index is 14.7. The Balaban J connectivity index is 1.75. The average Bonchev–Trinajstić information content (AvgIpc) is 3.58. The van der Waals surface area contributed by atoms with E-state index in [4.69, 9.17) is 9.47 Å². The number of aliphatic hydroxyl groups is 1. The van der Waals surface area contributed by atoms with Gasteiger partial charge >= 0.3 is 5.97 Å². The van der Waals surface area contributed by atoms with Gasteiger partial charge in [0, 0.05) is 44.2 Å². The molecule has 226 valence electrons. The molecule has 2 unspecified atom stereocenters. The van der Waals surface area contributed by atoms with E-state index in [0.29, 0.717) is 38.6 Å². The average molecular weight is 570 g/mol. The SMILES string of the molecule is C=CCN(C(=O)C1N(CCCCCO)C(=O)[C@@H]2[C@H](C(=O)OCC)[C@]3(CC)CCC12O3)c1ccc(N(CC)CC)cc1. The van der Waals surface area contributed by atoms with Gasteiger partial charge in [0.25, 0.3) is 5.91 Å². The standard InChI is InChI=1S/C32H47N3O6/c1-6-20-34(24-16-14-23(15-17-24)33(8-3)9-4)29(38)27-32-19-18-31(7-2,41-32)26(30(39)40-10-5)25(32)28(37)35(27)21-12-11-13-22-36/h6,14-17,25-27,36H,1,7-13,18-22H2,2-5H3/t25-,26+,27?,31-,32?/m0/s1. The molecule has 3 aliphatic rings. The summed E-state index contributed by atoms with van der Waals surface area (Å²) in [6, 6.07) is 7.03.